The van der Waals surface area contributed by atoms with Crippen LogP contribution in [0.15, 0.2) is 41.5 Å². The normalized spacial score (nSPS) is 19.7. The predicted octanol–water partition coefficient (Wildman–Crippen LogP) is 3.88. The van der Waals surface area contributed by atoms with Crippen LogP contribution in [-0.2, 0) is 19.8 Å². The molecule has 1 fully saturated rings. The zero-order chi connectivity index (χ0) is 27.4. The zero-order valence-corrected chi connectivity index (χ0v) is 21.4. The van der Waals surface area contributed by atoms with Crippen molar-refractivity contribution < 1.29 is 13.2 Å². The summed E-state index contributed by atoms with van der Waals surface area (Å²) in [6, 6.07) is 9.04. The number of nitrogens with zero attached hydrogens (tertiary/aromatic N) is 8. The average molecular weight is 525 g/mol. The quantitative estimate of drug-likeness (QED) is 0.400. The molecule has 1 aliphatic heterocycles. The SMILES string of the molecule is C[C@@H]1CN(c2cc(=O)n(C)c3c(C(F)(F)F)n(CC#N)nc23)[C@@H](C)CN1[C@@H](C)c1ccc2nccnc2c1. The first-order valence-corrected chi connectivity index (χ1v) is 12.3. The molecule has 9 nitrogen and oxygen atoms in total. The molecule has 0 N–H and O–H groups in total. The number of hydrogen-bond acceptors (Lipinski definition) is 7. The highest BCUT2D eigenvalue weighted by Crippen LogP contribution is 2.38. The van der Waals surface area contributed by atoms with Crippen molar-refractivity contribution in [2.75, 3.05) is 18.0 Å². The van der Waals surface area contributed by atoms with Gasteiger partial charge in [0.2, 0.25) is 0 Å². The van der Waals surface area contributed by atoms with Crippen LogP contribution < -0.4 is 10.5 Å². The van der Waals surface area contributed by atoms with E-state index in [-0.39, 0.29) is 29.2 Å². The van der Waals surface area contributed by atoms with Crippen LogP contribution in [-0.4, -0.2) is 54.4 Å². The minimum atomic E-state index is -4.79. The summed E-state index contributed by atoms with van der Waals surface area (Å²) >= 11 is 0. The van der Waals surface area contributed by atoms with Gasteiger partial charge >= 0.3 is 6.18 Å². The van der Waals surface area contributed by atoms with E-state index in [9.17, 15) is 18.0 Å². The number of rotatable bonds is 4. The van der Waals surface area contributed by atoms with E-state index in [2.05, 4.69) is 33.8 Å². The number of benzene rings is 1. The fourth-order valence-electron chi connectivity index (χ4n) is 5.48. The smallest absolute Gasteiger partial charge is 0.364 e. The van der Waals surface area contributed by atoms with Gasteiger partial charge in [0.15, 0.2) is 5.69 Å². The Kier molecular flexibility index (Phi) is 6.35. The average Bonchev–Trinajstić information content (AvgIpc) is 3.27. The van der Waals surface area contributed by atoms with Gasteiger partial charge in [0.05, 0.1) is 22.8 Å². The second-order valence-electron chi connectivity index (χ2n) is 9.81. The molecule has 0 saturated carbocycles. The van der Waals surface area contributed by atoms with Gasteiger partial charge in [-0.1, -0.05) is 6.07 Å². The molecule has 4 heterocycles. The van der Waals surface area contributed by atoms with Crippen LogP contribution in [0.1, 0.15) is 38.1 Å². The van der Waals surface area contributed by atoms with Crippen LogP contribution in [0, 0.1) is 11.3 Å². The number of aryl methyl sites for hydroxylation is 1. The van der Waals surface area contributed by atoms with E-state index in [1.807, 2.05) is 30.0 Å². The largest absolute Gasteiger partial charge is 0.435 e. The molecule has 0 aliphatic carbocycles. The van der Waals surface area contributed by atoms with Crippen LogP contribution in [0.2, 0.25) is 0 Å². The van der Waals surface area contributed by atoms with Crippen molar-refractivity contribution in [2.24, 2.45) is 7.05 Å². The Bertz CT molecular complexity index is 1620. The second-order valence-corrected chi connectivity index (χ2v) is 9.81. The Morgan fingerprint density at radius 1 is 1.11 bits per heavy atom. The van der Waals surface area contributed by atoms with E-state index in [1.54, 1.807) is 18.5 Å². The summed E-state index contributed by atoms with van der Waals surface area (Å²) < 4.78 is 43.7. The minimum absolute atomic E-state index is 0.0149. The van der Waals surface area contributed by atoms with Gasteiger partial charge in [-0.25, -0.2) is 4.68 Å². The summed E-state index contributed by atoms with van der Waals surface area (Å²) in [5.74, 6) is 0. The summed E-state index contributed by atoms with van der Waals surface area (Å²) in [4.78, 5) is 25.9. The number of anilines is 1. The third kappa shape index (κ3) is 4.26. The van der Waals surface area contributed by atoms with E-state index >= 15 is 0 Å². The van der Waals surface area contributed by atoms with Gasteiger partial charge in [-0.2, -0.15) is 23.5 Å². The molecule has 5 rings (SSSR count). The molecule has 38 heavy (non-hydrogen) atoms. The fourth-order valence-corrected chi connectivity index (χ4v) is 5.48. The van der Waals surface area contributed by atoms with Gasteiger partial charge in [-0.05, 0) is 38.5 Å². The fraction of sp³-hybridized carbons (Fsp3) is 0.423. The molecule has 0 spiro atoms. The van der Waals surface area contributed by atoms with E-state index in [4.69, 9.17) is 5.26 Å². The van der Waals surface area contributed by atoms with Crippen molar-refractivity contribution >= 4 is 27.8 Å². The number of nitriles is 1. The van der Waals surface area contributed by atoms with Crippen molar-refractivity contribution in [3.05, 3.63) is 58.3 Å². The molecule has 0 unspecified atom stereocenters. The summed E-state index contributed by atoms with van der Waals surface area (Å²) in [7, 11) is 1.29. The first kappa shape index (κ1) is 25.7. The number of piperazine rings is 1. The maximum absolute atomic E-state index is 14.0. The molecular weight excluding hydrogens is 497 g/mol. The summed E-state index contributed by atoms with van der Waals surface area (Å²) in [5.41, 5.74) is 1.15. The molecule has 12 heteroatoms. The second kappa shape index (κ2) is 9.40. The molecule has 0 bridgehead atoms. The third-order valence-corrected chi connectivity index (χ3v) is 7.40. The lowest BCUT2D eigenvalue weighted by molar-refractivity contribution is -0.142. The van der Waals surface area contributed by atoms with E-state index < -0.39 is 24.0 Å². The monoisotopic (exact) mass is 524 g/mol. The predicted molar refractivity (Wildman–Crippen MR) is 137 cm³/mol. The minimum Gasteiger partial charge on any atom is -0.364 e. The first-order chi connectivity index (χ1) is 18.0. The molecule has 4 aromatic rings. The van der Waals surface area contributed by atoms with Crippen LogP contribution in [0.5, 0.6) is 0 Å². The molecule has 1 saturated heterocycles. The number of aromatic nitrogens is 5. The lowest BCUT2D eigenvalue weighted by Gasteiger charge is -2.47. The molecule has 198 valence electrons. The lowest BCUT2D eigenvalue weighted by atomic mass is 9.99. The van der Waals surface area contributed by atoms with E-state index in [1.165, 1.54) is 13.1 Å². The third-order valence-electron chi connectivity index (χ3n) is 7.40. The highest BCUT2D eigenvalue weighted by atomic mass is 19.4. The summed E-state index contributed by atoms with van der Waals surface area (Å²) in [6.45, 7) is 6.68. The van der Waals surface area contributed by atoms with Crippen molar-refractivity contribution in [2.45, 2.75) is 51.6 Å². The van der Waals surface area contributed by atoms with Gasteiger partial charge < -0.3 is 9.47 Å². The lowest BCUT2D eigenvalue weighted by Crippen LogP contribution is -2.57. The Hall–Kier alpha value is -3.98. The Morgan fingerprint density at radius 2 is 1.82 bits per heavy atom. The number of fused-ring (bicyclic) bond motifs is 2. The topological polar surface area (TPSA) is 95.9 Å². The maximum atomic E-state index is 14.0. The summed E-state index contributed by atoms with van der Waals surface area (Å²) in [5, 5.41) is 13.3. The van der Waals surface area contributed by atoms with Crippen LogP contribution in [0.3, 0.4) is 0 Å². The Balaban J connectivity index is 1.52. The molecule has 3 atom stereocenters. The van der Waals surface area contributed by atoms with Crippen molar-refractivity contribution in [1.29, 1.82) is 5.26 Å². The summed E-state index contributed by atoms with van der Waals surface area (Å²) in [6.07, 6.45) is -1.47. The van der Waals surface area contributed by atoms with Crippen LogP contribution in [0.4, 0.5) is 18.9 Å². The molecule has 0 amide bonds. The van der Waals surface area contributed by atoms with Gasteiger partial charge in [0, 0.05) is 56.7 Å². The number of halogens is 3. The Morgan fingerprint density at radius 3 is 2.50 bits per heavy atom. The van der Waals surface area contributed by atoms with Crippen LogP contribution in [0.25, 0.3) is 22.1 Å². The van der Waals surface area contributed by atoms with Crippen LogP contribution >= 0.6 is 0 Å². The highest BCUT2D eigenvalue weighted by molar-refractivity contribution is 5.90. The molecule has 1 aromatic carbocycles. The number of hydrogen-bond donors (Lipinski definition) is 0. The molecule has 1 aliphatic rings. The maximum Gasteiger partial charge on any atom is 0.435 e. The highest BCUT2D eigenvalue weighted by Gasteiger charge is 2.41. The Labute approximate surface area is 216 Å². The first-order valence-electron chi connectivity index (χ1n) is 12.3. The van der Waals surface area contributed by atoms with Gasteiger partial charge in [-0.3, -0.25) is 19.7 Å². The van der Waals surface area contributed by atoms with Gasteiger partial charge in [0.25, 0.3) is 5.56 Å². The van der Waals surface area contributed by atoms with Gasteiger partial charge in [-0.15, -0.1) is 0 Å². The van der Waals surface area contributed by atoms with Gasteiger partial charge in [0.1, 0.15) is 17.6 Å². The molecular formula is C26H27F3N8O. The molecule has 3 aromatic heterocycles. The standard InChI is InChI=1S/C26H27F3N8O/c1-15-14-36(16(2)13-35(15)17(3)18-5-6-19-20(11-18)32-9-8-31-19)21-12-22(38)34(4)24-23(21)33-37(10-7-30)25(24)26(27,28)29/h5-6,8-9,11-12,15-17H,10,13-14H2,1-4H3/t15-,16+,17+/m1/s1. The zero-order valence-electron chi connectivity index (χ0n) is 21.4. The molecule has 0 radical (unpaired) electrons. The van der Waals surface area contributed by atoms with Crippen molar-refractivity contribution in [3.8, 4) is 6.07 Å². The van der Waals surface area contributed by atoms with E-state index in [0.29, 0.717) is 23.5 Å². The van der Waals surface area contributed by atoms with Crippen molar-refractivity contribution in [1.82, 2.24) is 29.2 Å². The van der Waals surface area contributed by atoms with Crippen molar-refractivity contribution in [3.63, 3.8) is 0 Å². The van der Waals surface area contributed by atoms with E-state index in [0.717, 1.165) is 21.2 Å². The number of pyridine rings is 1. The number of alkyl halides is 3.